The third-order valence-corrected chi connectivity index (χ3v) is 2.62. The van der Waals surface area contributed by atoms with Gasteiger partial charge in [-0.25, -0.2) is 4.39 Å². The van der Waals surface area contributed by atoms with Gasteiger partial charge < -0.3 is 10.2 Å². The van der Waals surface area contributed by atoms with E-state index < -0.39 is 0 Å². The summed E-state index contributed by atoms with van der Waals surface area (Å²) in [5.41, 5.74) is 1.65. The Morgan fingerprint density at radius 1 is 1.50 bits per heavy atom. The molecule has 76 valence electrons. The van der Waals surface area contributed by atoms with E-state index in [-0.39, 0.29) is 5.82 Å². The van der Waals surface area contributed by atoms with Crippen molar-refractivity contribution in [3.63, 3.8) is 0 Å². The lowest BCUT2D eigenvalue weighted by atomic mass is 10.2. The van der Waals surface area contributed by atoms with Crippen molar-refractivity contribution in [1.29, 1.82) is 0 Å². The van der Waals surface area contributed by atoms with Crippen molar-refractivity contribution < 1.29 is 4.39 Å². The zero-order valence-electron chi connectivity index (χ0n) is 8.39. The molecule has 2 rings (SSSR count). The molecular weight excluding hydrogens is 179 g/mol. The second kappa shape index (κ2) is 3.86. The molecule has 1 aliphatic rings. The van der Waals surface area contributed by atoms with Gasteiger partial charge in [-0.3, -0.25) is 0 Å². The number of anilines is 2. The summed E-state index contributed by atoms with van der Waals surface area (Å²) in [5.74, 6) is -0.150. The maximum absolute atomic E-state index is 13.5. The highest BCUT2D eigenvalue weighted by molar-refractivity contribution is 5.71. The molecule has 1 aromatic carbocycles. The Morgan fingerprint density at radius 2 is 2.36 bits per heavy atom. The van der Waals surface area contributed by atoms with E-state index in [4.69, 9.17) is 0 Å². The second-order valence-electron chi connectivity index (χ2n) is 3.49. The van der Waals surface area contributed by atoms with E-state index in [0.717, 1.165) is 31.7 Å². The maximum atomic E-state index is 13.5. The van der Waals surface area contributed by atoms with Gasteiger partial charge in [-0.1, -0.05) is 6.07 Å². The molecule has 1 heterocycles. The molecule has 1 N–H and O–H groups in total. The highest BCUT2D eigenvalue weighted by Crippen LogP contribution is 2.30. The van der Waals surface area contributed by atoms with Crippen molar-refractivity contribution in [2.75, 3.05) is 29.9 Å². The van der Waals surface area contributed by atoms with Gasteiger partial charge in [0.1, 0.15) is 5.82 Å². The fourth-order valence-corrected chi connectivity index (χ4v) is 1.88. The van der Waals surface area contributed by atoms with Crippen LogP contribution in [0.4, 0.5) is 15.8 Å². The Bertz CT molecular complexity index is 325. The molecule has 0 aliphatic carbocycles. The summed E-state index contributed by atoms with van der Waals surface area (Å²) < 4.78 is 13.5. The van der Waals surface area contributed by atoms with E-state index in [1.807, 2.05) is 6.07 Å². The lowest BCUT2D eigenvalue weighted by molar-refractivity contribution is 0.630. The number of nitrogens with one attached hydrogen (secondary N) is 1. The molecule has 0 fully saturated rings. The van der Waals surface area contributed by atoms with Crippen LogP contribution in [-0.2, 0) is 0 Å². The van der Waals surface area contributed by atoms with Gasteiger partial charge in [0.15, 0.2) is 0 Å². The third kappa shape index (κ3) is 1.54. The van der Waals surface area contributed by atoms with Gasteiger partial charge in [0.25, 0.3) is 0 Å². The van der Waals surface area contributed by atoms with Crippen LogP contribution in [-0.4, -0.2) is 19.6 Å². The standard InChI is InChI=1S/C11H15FN2/c1-2-14-8-4-7-13-11-9(12)5-3-6-10(11)14/h3,5-6,13H,2,4,7-8H2,1H3. The molecule has 0 unspecified atom stereocenters. The van der Waals surface area contributed by atoms with Crippen LogP contribution in [0, 0.1) is 5.82 Å². The summed E-state index contributed by atoms with van der Waals surface area (Å²) in [6.07, 6.45) is 1.06. The van der Waals surface area contributed by atoms with Gasteiger partial charge in [0.05, 0.1) is 11.4 Å². The minimum absolute atomic E-state index is 0.150. The predicted octanol–water partition coefficient (Wildman–Crippen LogP) is 2.47. The molecule has 14 heavy (non-hydrogen) atoms. The van der Waals surface area contributed by atoms with Crippen molar-refractivity contribution in [3.8, 4) is 0 Å². The molecule has 1 aromatic rings. The number of rotatable bonds is 1. The Kier molecular flexibility index (Phi) is 2.57. The minimum Gasteiger partial charge on any atom is -0.381 e. The molecule has 0 bridgehead atoms. The number of benzene rings is 1. The molecule has 0 spiro atoms. The predicted molar refractivity (Wildman–Crippen MR) is 57.4 cm³/mol. The van der Waals surface area contributed by atoms with Gasteiger partial charge in [-0.2, -0.15) is 0 Å². The van der Waals surface area contributed by atoms with Crippen molar-refractivity contribution in [2.45, 2.75) is 13.3 Å². The first-order valence-corrected chi connectivity index (χ1v) is 5.10. The molecule has 1 aliphatic heterocycles. The van der Waals surface area contributed by atoms with E-state index in [9.17, 15) is 4.39 Å². The monoisotopic (exact) mass is 194 g/mol. The van der Waals surface area contributed by atoms with Crippen molar-refractivity contribution in [1.82, 2.24) is 0 Å². The zero-order chi connectivity index (χ0) is 9.97. The SMILES string of the molecule is CCN1CCCNc2c(F)cccc21. The van der Waals surface area contributed by atoms with Crippen LogP contribution in [0.25, 0.3) is 0 Å². The van der Waals surface area contributed by atoms with Crippen molar-refractivity contribution in [3.05, 3.63) is 24.0 Å². The van der Waals surface area contributed by atoms with E-state index >= 15 is 0 Å². The first-order chi connectivity index (χ1) is 6.83. The molecule has 0 saturated carbocycles. The topological polar surface area (TPSA) is 15.3 Å². The molecule has 2 nitrogen and oxygen atoms in total. The van der Waals surface area contributed by atoms with Crippen LogP contribution in [0.5, 0.6) is 0 Å². The van der Waals surface area contributed by atoms with E-state index in [1.165, 1.54) is 6.07 Å². The number of hydrogen-bond acceptors (Lipinski definition) is 2. The summed E-state index contributed by atoms with van der Waals surface area (Å²) in [5, 5.41) is 3.14. The van der Waals surface area contributed by atoms with Crippen molar-refractivity contribution >= 4 is 11.4 Å². The van der Waals surface area contributed by atoms with Crippen LogP contribution in [0.15, 0.2) is 18.2 Å². The average molecular weight is 194 g/mol. The molecular formula is C11H15FN2. The van der Waals surface area contributed by atoms with Crippen LogP contribution < -0.4 is 10.2 Å². The Balaban J connectivity index is 2.44. The maximum Gasteiger partial charge on any atom is 0.148 e. The molecule has 0 atom stereocenters. The third-order valence-electron chi connectivity index (χ3n) is 2.62. The molecule has 0 radical (unpaired) electrons. The molecule has 0 aromatic heterocycles. The highest BCUT2D eigenvalue weighted by Gasteiger charge is 2.15. The lowest BCUT2D eigenvalue weighted by Crippen LogP contribution is -2.23. The van der Waals surface area contributed by atoms with E-state index in [2.05, 4.69) is 17.1 Å². The average Bonchev–Trinajstić information content (AvgIpc) is 2.40. The highest BCUT2D eigenvalue weighted by atomic mass is 19.1. The fourth-order valence-electron chi connectivity index (χ4n) is 1.88. The summed E-state index contributed by atoms with van der Waals surface area (Å²) in [7, 11) is 0. The quantitative estimate of drug-likeness (QED) is 0.738. The van der Waals surface area contributed by atoms with Gasteiger partial charge in [0.2, 0.25) is 0 Å². The van der Waals surface area contributed by atoms with Gasteiger partial charge in [-0.05, 0) is 25.5 Å². The summed E-state index contributed by atoms with van der Waals surface area (Å²) in [6.45, 7) is 4.88. The Labute approximate surface area is 83.7 Å². The van der Waals surface area contributed by atoms with Gasteiger partial charge >= 0.3 is 0 Å². The number of fused-ring (bicyclic) bond motifs is 1. The second-order valence-corrected chi connectivity index (χ2v) is 3.49. The number of halogens is 1. The van der Waals surface area contributed by atoms with E-state index in [0.29, 0.717) is 5.69 Å². The molecule has 0 saturated heterocycles. The van der Waals surface area contributed by atoms with Crippen LogP contribution in [0.2, 0.25) is 0 Å². The first-order valence-electron chi connectivity index (χ1n) is 5.10. The lowest BCUT2D eigenvalue weighted by Gasteiger charge is -2.22. The molecule has 3 heteroatoms. The Hall–Kier alpha value is -1.25. The van der Waals surface area contributed by atoms with Crippen molar-refractivity contribution in [2.24, 2.45) is 0 Å². The normalized spacial score (nSPS) is 15.7. The Morgan fingerprint density at radius 3 is 3.14 bits per heavy atom. The van der Waals surface area contributed by atoms with Crippen LogP contribution in [0.3, 0.4) is 0 Å². The zero-order valence-corrected chi connectivity index (χ0v) is 8.39. The number of hydrogen-bond donors (Lipinski definition) is 1. The summed E-state index contributed by atoms with van der Waals surface area (Å²) in [4.78, 5) is 2.21. The minimum atomic E-state index is -0.150. The van der Waals surface area contributed by atoms with Gasteiger partial charge in [0, 0.05) is 19.6 Å². The smallest absolute Gasteiger partial charge is 0.148 e. The van der Waals surface area contributed by atoms with E-state index in [1.54, 1.807) is 6.07 Å². The fraction of sp³-hybridized carbons (Fsp3) is 0.455. The van der Waals surface area contributed by atoms with Crippen LogP contribution >= 0.6 is 0 Å². The number of nitrogens with zero attached hydrogens (tertiary/aromatic N) is 1. The largest absolute Gasteiger partial charge is 0.381 e. The molecule has 0 amide bonds. The summed E-state index contributed by atoms with van der Waals surface area (Å²) in [6, 6.07) is 5.25. The van der Waals surface area contributed by atoms with Crippen LogP contribution in [0.1, 0.15) is 13.3 Å². The first kappa shape index (κ1) is 9.31. The van der Waals surface area contributed by atoms with Gasteiger partial charge in [-0.15, -0.1) is 0 Å². The summed E-state index contributed by atoms with van der Waals surface area (Å²) >= 11 is 0. The number of para-hydroxylation sites is 1.